The van der Waals surface area contributed by atoms with E-state index in [4.69, 9.17) is 0 Å². The van der Waals surface area contributed by atoms with Crippen molar-refractivity contribution in [1.82, 2.24) is 4.98 Å². The Hall–Kier alpha value is -2.34. The van der Waals surface area contributed by atoms with E-state index in [0.29, 0.717) is 22.8 Å². The standard InChI is InChI=1S/C16H18N2O3S/c1-2-3-4-5-6-15(21)18-16-17-13(10-22-16)12-8-7-11(19)9-14(12)20/h2,7-10,19-20H,1,3-6H2,(H,17,18,21). The lowest BCUT2D eigenvalue weighted by atomic mass is 10.1. The van der Waals surface area contributed by atoms with Crippen molar-refractivity contribution in [2.45, 2.75) is 25.7 Å². The molecule has 1 amide bonds. The number of benzene rings is 1. The molecule has 1 aromatic heterocycles. The Labute approximate surface area is 133 Å². The number of unbranched alkanes of at least 4 members (excludes halogenated alkanes) is 2. The number of thiazole rings is 1. The van der Waals surface area contributed by atoms with Gasteiger partial charge in [0.2, 0.25) is 5.91 Å². The number of phenols is 2. The molecular formula is C16H18N2O3S. The average molecular weight is 318 g/mol. The van der Waals surface area contributed by atoms with Gasteiger partial charge in [-0.05, 0) is 31.4 Å². The molecule has 0 aliphatic rings. The Morgan fingerprint density at radius 2 is 2.18 bits per heavy atom. The summed E-state index contributed by atoms with van der Waals surface area (Å²) in [5, 5.41) is 24.1. The van der Waals surface area contributed by atoms with Crippen molar-refractivity contribution >= 4 is 22.4 Å². The van der Waals surface area contributed by atoms with Gasteiger partial charge in [0, 0.05) is 23.4 Å². The number of aromatic nitrogens is 1. The Kier molecular flexibility index (Phi) is 5.55. The first-order valence-corrected chi connectivity index (χ1v) is 7.86. The molecule has 22 heavy (non-hydrogen) atoms. The van der Waals surface area contributed by atoms with Crippen LogP contribution >= 0.6 is 11.3 Å². The molecule has 0 saturated carbocycles. The van der Waals surface area contributed by atoms with Gasteiger partial charge in [0.1, 0.15) is 11.5 Å². The van der Waals surface area contributed by atoms with Crippen molar-refractivity contribution in [2.24, 2.45) is 0 Å². The number of phenolic OH excluding ortho intramolecular Hbond substituents is 2. The van der Waals surface area contributed by atoms with Gasteiger partial charge in [0.15, 0.2) is 5.13 Å². The minimum atomic E-state index is -0.0695. The SMILES string of the molecule is C=CCCCCC(=O)Nc1nc(-c2ccc(O)cc2O)cs1. The first-order chi connectivity index (χ1) is 10.6. The van der Waals surface area contributed by atoms with Crippen molar-refractivity contribution in [1.29, 1.82) is 0 Å². The summed E-state index contributed by atoms with van der Waals surface area (Å²) in [6, 6.07) is 4.32. The van der Waals surface area contributed by atoms with Crippen LogP contribution in [-0.4, -0.2) is 21.1 Å². The smallest absolute Gasteiger partial charge is 0.226 e. The number of anilines is 1. The number of allylic oxidation sites excluding steroid dienone is 1. The zero-order valence-electron chi connectivity index (χ0n) is 12.1. The third-order valence-corrected chi connectivity index (χ3v) is 3.83. The van der Waals surface area contributed by atoms with Crippen molar-refractivity contribution < 1.29 is 15.0 Å². The quantitative estimate of drug-likeness (QED) is 0.534. The van der Waals surface area contributed by atoms with E-state index in [9.17, 15) is 15.0 Å². The van der Waals surface area contributed by atoms with E-state index in [1.807, 2.05) is 6.08 Å². The van der Waals surface area contributed by atoms with Crippen LogP contribution in [0.25, 0.3) is 11.3 Å². The molecule has 3 N–H and O–H groups in total. The molecule has 116 valence electrons. The van der Waals surface area contributed by atoms with Crippen LogP contribution in [0.3, 0.4) is 0 Å². The first kappa shape index (κ1) is 16.0. The first-order valence-electron chi connectivity index (χ1n) is 6.99. The highest BCUT2D eigenvalue weighted by molar-refractivity contribution is 7.14. The topological polar surface area (TPSA) is 82.5 Å². The van der Waals surface area contributed by atoms with Gasteiger partial charge in [-0.15, -0.1) is 17.9 Å². The molecule has 6 heteroatoms. The number of carbonyl (C=O) groups is 1. The summed E-state index contributed by atoms with van der Waals surface area (Å²) in [5.74, 6) is -0.128. The number of amides is 1. The second-order valence-electron chi connectivity index (χ2n) is 4.82. The number of nitrogens with one attached hydrogen (secondary N) is 1. The molecule has 0 bridgehead atoms. The molecule has 5 nitrogen and oxygen atoms in total. The van der Waals surface area contributed by atoms with Gasteiger partial charge < -0.3 is 15.5 Å². The normalized spacial score (nSPS) is 10.4. The predicted octanol–water partition coefficient (Wildman–Crippen LogP) is 3.91. The van der Waals surface area contributed by atoms with E-state index in [1.165, 1.54) is 23.5 Å². The number of aromatic hydroxyl groups is 2. The average Bonchev–Trinajstić information content (AvgIpc) is 2.92. The Bertz CT molecular complexity index is 667. The third kappa shape index (κ3) is 4.33. The van der Waals surface area contributed by atoms with E-state index in [-0.39, 0.29) is 17.4 Å². The molecule has 0 atom stereocenters. The molecule has 0 spiro atoms. The number of carbonyl (C=O) groups excluding carboxylic acids is 1. The number of hydrogen-bond acceptors (Lipinski definition) is 5. The van der Waals surface area contributed by atoms with Crippen LogP contribution in [0.4, 0.5) is 5.13 Å². The van der Waals surface area contributed by atoms with Gasteiger partial charge >= 0.3 is 0 Å². The predicted molar refractivity (Wildman–Crippen MR) is 88.2 cm³/mol. The van der Waals surface area contributed by atoms with Crippen LogP contribution in [0.2, 0.25) is 0 Å². The molecule has 2 rings (SSSR count). The lowest BCUT2D eigenvalue weighted by molar-refractivity contribution is -0.116. The molecule has 0 radical (unpaired) electrons. The van der Waals surface area contributed by atoms with Gasteiger partial charge in [0.05, 0.1) is 5.69 Å². The maximum atomic E-state index is 11.8. The monoisotopic (exact) mass is 318 g/mol. The minimum Gasteiger partial charge on any atom is -0.508 e. The highest BCUT2D eigenvalue weighted by Crippen LogP contribution is 2.33. The summed E-state index contributed by atoms with van der Waals surface area (Å²) < 4.78 is 0. The Morgan fingerprint density at radius 3 is 2.91 bits per heavy atom. The maximum Gasteiger partial charge on any atom is 0.226 e. The fourth-order valence-electron chi connectivity index (χ4n) is 1.95. The van der Waals surface area contributed by atoms with Gasteiger partial charge in [-0.1, -0.05) is 6.08 Å². The van der Waals surface area contributed by atoms with Gasteiger partial charge in [-0.3, -0.25) is 4.79 Å². The fourth-order valence-corrected chi connectivity index (χ4v) is 2.67. The zero-order valence-corrected chi connectivity index (χ0v) is 12.9. The Balaban J connectivity index is 1.96. The highest BCUT2D eigenvalue weighted by atomic mass is 32.1. The zero-order chi connectivity index (χ0) is 15.9. The molecule has 0 saturated heterocycles. The maximum absolute atomic E-state index is 11.8. The van der Waals surface area contributed by atoms with Gasteiger partial charge in [-0.25, -0.2) is 4.98 Å². The van der Waals surface area contributed by atoms with Crippen LogP contribution < -0.4 is 5.32 Å². The van der Waals surface area contributed by atoms with Gasteiger partial charge in [0.25, 0.3) is 0 Å². The van der Waals surface area contributed by atoms with Crippen LogP contribution in [0.5, 0.6) is 11.5 Å². The molecule has 0 unspecified atom stereocenters. The summed E-state index contributed by atoms with van der Waals surface area (Å²) in [7, 11) is 0. The van der Waals surface area contributed by atoms with E-state index in [0.717, 1.165) is 19.3 Å². The van der Waals surface area contributed by atoms with Crippen molar-refractivity contribution in [3.63, 3.8) is 0 Å². The Morgan fingerprint density at radius 1 is 1.36 bits per heavy atom. The largest absolute Gasteiger partial charge is 0.508 e. The van der Waals surface area contributed by atoms with Crippen LogP contribution in [0.1, 0.15) is 25.7 Å². The van der Waals surface area contributed by atoms with E-state index in [2.05, 4.69) is 16.9 Å². The molecule has 1 aromatic carbocycles. The number of nitrogens with zero attached hydrogens (tertiary/aromatic N) is 1. The van der Waals surface area contributed by atoms with E-state index < -0.39 is 0 Å². The lowest BCUT2D eigenvalue weighted by Gasteiger charge is -2.02. The summed E-state index contributed by atoms with van der Waals surface area (Å²) in [4.78, 5) is 16.1. The summed E-state index contributed by atoms with van der Waals surface area (Å²) in [6.45, 7) is 3.64. The van der Waals surface area contributed by atoms with E-state index in [1.54, 1.807) is 11.4 Å². The second kappa shape index (κ2) is 7.61. The van der Waals surface area contributed by atoms with Crippen LogP contribution in [0.15, 0.2) is 36.2 Å². The summed E-state index contributed by atoms with van der Waals surface area (Å²) >= 11 is 1.30. The van der Waals surface area contributed by atoms with E-state index >= 15 is 0 Å². The minimum absolute atomic E-state index is 0.00969. The molecule has 2 aromatic rings. The van der Waals surface area contributed by atoms with Crippen molar-refractivity contribution in [3.8, 4) is 22.8 Å². The van der Waals surface area contributed by atoms with Crippen molar-refractivity contribution in [3.05, 3.63) is 36.2 Å². The number of hydrogen-bond donors (Lipinski definition) is 3. The van der Waals surface area contributed by atoms with Crippen molar-refractivity contribution in [2.75, 3.05) is 5.32 Å². The summed E-state index contributed by atoms with van der Waals surface area (Å²) in [5.41, 5.74) is 1.07. The fraction of sp³-hybridized carbons (Fsp3) is 0.250. The molecule has 0 aliphatic heterocycles. The molecule has 0 aliphatic carbocycles. The number of rotatable bonds is 7. The molecule has 0 fully saturated rings. The highest BCUT2D eigenvalue weighted by Gasteiger charge is 2.11. The third-order valence-electron chi connectivity index (χ3n) is 3.07. The van der Waals surface area contributed by atoms with Crippen LogP contribution in [0, 0.1) is 0 Å². The second-order valence-corrected chi connectivity index (χ2v) is 5.68. The van der Waals surface area contributed by atoms with Gasteiger partial charge in [-0.2, -0.15) is 0 Å². The molecule has 1 heterocycles. The lowest BCUT2D eigenvalue weighted by Crippen LogP contribution is -2.10. The van der Waals surface area contributed by atoms with Crippen LogP contribution in [-0.2, 0) is 4.79 Å². The summed E-state index contributed by atoms with van der Waals surface area (Å²) in [6.07, 6.45) is 4.97. The molecular weight excluding hydrogens is 300 g/mol.